The molecule has 1 saturated heterocycles. The van der Waals surface area contributed by atoms with Crippen LogP contribution in [0.4, 0.5) is 5.82 Å². The van der Waals surface area contributed by atoms with Crippen LogP contribution in [0.1, 0.15) is 11.5 Å². The second-order valence-corrected chi connectivity index (χ2v) is 7.08. The van der Waals surface area contributed by atoms with Gasteiger partial charge in [-0.05, 0) is 13.8 Å². The lowest BCUT2D eigenvalue weighted by Gasteiger charge is -2.34. The lowest BCUT2D eigenvalue weighted by Crippen LogP contribution is -2.51. The molecule has 0 aromatic carbocycles. The number of nitrogens with zero attached hydrogens (tertiary/aromatic N) is 4. The van der Waals surface area contributed by atoms with E-state index in [4.69, 9.17) is 4.52 Å². The summed E-state index contributed by atoms with van der Waals surface area (Å²) in [6.07, 6.45) is 0. The first-order chi connectivity index (χ1) is 12.4. The van der Waals surface area contributed by atoms with Gasteiger partial charge in [-0.1, -0.05) is 16.5 Å². The van der Waals surface area contributed by atoms with Gasteiger partial charge in [-0.25, -0.2) is 0 Å². The van der Waals surface area contributed by atoms with Gasteiger partial charge in [-0.15, -0.1) is 0 Å². The first-order valence-electron chi connectivity index (χ1n) is 8.30. The smallest absolute Gasteiger partial charge is 0.307 e. The SMILES string of the molecule is Cc1cc(NC(=O)CN2CCN(C(=O)Cn3c(C)csc3=O)CC2)no1. The third-order valence-corrected chi connectivity index (χ3v) is 5.14. The molecular formula is C16H21N5O4S. The van der Waals surface area contributed by atoms with Gasteiger partial charge >= 0.3 is 4.87 Å². The fourth-order valence-electron chi connectivity index (χ4n) is 2.80. The minimum absolute atomic E-state index is 0.0696. The standard InChI is InChI=1S/C16H21N5O4S/c1-11-10-26-16(24)21(11)9-15(23)20-5-3-19(4-6-20)8-14(22)17-13-7-12(2)25-18-13/h7,10H,3-6,8-9H2,1-2H3,(H,17,18,22). The zero-order chi connectivity index (χ0) is 18.7. The van der Waals surface area contributed by atoms with Crippen molar-refractivity contribution in [2.75, 3.05) is 38.0 Å². The Morgan fingerprint density at radius 2 is 1.96 bits per heavy atom. The highest BCUT2D eigenvalue weighted by Crippen LogP contribution is 2.08. The minimum atomic E-state index is -0.168. The van der Waals surface area contributed by atoms with Crippen molar-refractivity contribution < 1.29 is 14.1 Å². The molecule has 1 aliphatic rings. The van der Waals surface area contributed by atoms with E-state index in [1.165, 1.54) is 4.57 Å². The Labute approximate surface area is 154 Å². The monoisotopic (exact) mass is 379 g/mol. The van der Waals surface area contributed by atoms with Crippen LogP contribution in [0.15, 0.2) is 20.8 Å². The molecule has 0 aliphatic carbocycles. The van der Waals surface area contributed by atoms with Gasteiger partial charge in [-0.2, -0.15) is 0 Å². The third-order valence-electron chi connectivity index (χ3n) is 4.26. The highest BCUT2D eigenvalue weighted by molar-refractivity contribution is 7.07. The van der Waals surface area contributed by atoms with Gasteiger partial charge in [0.15, 0.2) is 5.82 Å². The molecule has 2 aromatic rings. The Hall–Kier alpha value is -2.46. The van der Waals surface area contributed by atoms with E-state index in [0.29, 0.717) is 37.8 Å². The zero-order valence-electron chi connectivity index (χ0n) is 14.7. The van der Waals surface area contributed by atoms with E-state index >= 15 is 0 Å². The predicted molar refractivity (Wildman–Crippen MR) is 96.2 cm³/mol. The van der Waals surface area contributed by atoms with Gasteiger partial charge in [0, 0.05) is 43.3 Å². The number of carbonyl (C=O) groups is 2. The molecule has 26 heavy (non-hydrogen) atoms. The summed E-state index contributed by atoms with van der Waals surface area (Å²) in [6.45, 7) is 6.16. The van der Waals surface area contributed by atoms with Gasteiger partial charge in [0.2, 0.25) is 11.8 Å². The van der Waals surface area contributed by atoms with E-state index in [2.05, 4.69) is 10.5 Å². The van der Waals surface area contributed by atoms with Gasteiger partial charge < -0.3 is 14.7 Å². The van der Waals surface area contributed by atoms with Crippen LogP contribution < -0.4 is 10.2 Å². The third kappa shape index (κ3) is 4.38. The van der Waals surface area contributed by atoms with Gasteiger partial charge in [-0.3, -0.25) is 23.9 Å². The van der Waals surface area contributed by atoms with Crippen LogP contribution >= 0.6 is 11.3 Å². The summed E-state index contributed by atoms with van der Waals surface area (Å²) in [4.78, 5) is 39.8. The van der Waals surface area contributed by atoms with Crippen molar-refractivity contribution in [3.63, 3.8) is 0 Å². The Morgan fingerprint density at radius 1 is 1.23 bits per heavy atom. The molecule has 2 amide bonds. The summed E-state index contributed by atoms with van der Waals surface area (Å²) in [5, 5.41) is 8.16. The Bertz CT molecular complexity index is 847. The molecular weight excluding hydrogens is 358 g/mol. The van der Waals surface area contributed by atoms with Gasteiger partial charge in [0.1, 0.15) is 12.3 Å². The zero-order valence-corrected chi connectivity index (χ0v) is 15.5. The van der Waals surface area contributed by atoms with Crippen molar-refractivity contribution in [2.45, 2.75) is 20.4 Å². The lowest BCUT2D eigenvalue weighted by molar-refractivity contribution is -0.133. The summed E-state index contributed by atoms with van der Waals surface area (Å²) >= 11 is 1.10. The van der Waals surface area contributed by atoms with Crippen LogP contribution in [-0.2, 0) is 16.1 Å². The van der Waals surface area contributed by atoms with Gasteiger partial charge in [0.25, 0.3) is 0 Å². The summed E-state index contributed by atoms with van der Waals surface area (Å²) in [7, 11) is 0. The van der Waals surface area contributed by atoms with Gasteiger partial charge in [0.05, 0.1) is 6.54 Å². The van der Waals surface area contributed by atoms with Crippen molar-refractivity contribution >= 4 is 29.0 Å². The van der Waals surface area contributed by atoms with E-state index < -0.39 is 0 Å². The van der Waals surface area contributed by atoms with Crippen LogP contribution in [0, 0.1) is 13.8 Å². The Morgan fingerprint density at radius 3 is 2.54 bits per heavy atom. The molecule has 0 unspecified atom stereocenters. The average Bonchev–Trinajstić information content (AvgIpc) is 3.15. The molecule has 3 rings (SSSR count). The largest absolute Gasteiger partial charge is 0.360 e. The van der Waals surface area contributed by atoms with Crippen LogP contribution in [0.2, 0.25) is 0 Å². The molecule has 1 N–H and O–H groups in total. The number of aryl methyl sites for hydroxylation is 2. The first kappa shape index (κ1) is 18.3. The van der Waals surface area contributed by atoms with Crippen LogP contribution in [0.25, 0.3) is 0 Å². The predicted octanol–water partition coefficient (Wildman–Crippen LogP) is 0.298. The summed E-state index contributed by atoms with van der Waals surface area (Å²) in [5.74, 6) is 0.791. The number of nitrogens with one attached hydrogen (secondary N) is 1. The van der Waals surface area contributed by atoms with Crippen molar-refractivity contribution in [3.05, 3.63) is 32.6 Å². The number of rotatable bonds is 5. The average molecular weight is 379 g/mol. The fraction of sp³-hybridized carbons (Fsp3) is 0.500. The van der Waals surface area contributed by atoms with E-state index in [1.54, 1.807) is 23.3 Å². The molecule has 10 heteroatoms. The lowest BCUT2D eigenvalue weighted by atomic mass is 10.3. The topological polar surface area (TPSA) is 101 Å². The molecule has 0 spiro atoms. The molecule has 140 valence electrons. The maximum Gasteiger partial charge on any atom is 0.307 e. The van der Waals surface area contributed by atoms with Crippen LogP contribution in [0.5, 0.6) is 0 Å². The molecule has 1 fully saturated rings. The second kappa shape index (κ2) is 7.83. The number of anilines is 1. The van der Waals surface area contributed by atoms with E-state index in [1.807, 2.05) is 11.8 Å². The number of hydrogen-bond acceptors (Lipinski definition) is 7. The van der Waals surface area contributed by atoms with E-state index in [-0.39, 0.29) is 29.8 Å². The quantitative estimate of drug-likeness (QED) is 0.802. The molecule has 9 nitrogen and oxygen atoms in total. The minimum Gasteiger partial charge on any atom is -0.360 e. The van der Waals surface area contributed by atoms with Crippen molar-refractivity contribution in [3.8, 4) is 0 Å². The molecule has 0 bridgehead atoms. The molecule has 1 aliphatic heterocycles. The molecule has 2 aromatic heterocycles. The second-order valence-electron chi connectivity index (χ2n) is 6.26. The summed E-state index contributed by atoms with van der Waals surface area (Å²) in [6, 6.07) is 1.66. The maximum absolute atomic E-state index is 12.4. The molecule has 0 saturated carbocycles. The van der Waals surface area contributed by atoms with Crippen LogP contribution in [0.3, 0.4) is 0 Å². The first-order valence-corrected chi connectivity index (χ1v) is 9.18. The molecule has 0 atom stereocenters. The normalized spacial score (nSPS) is 15.2. The van der Waals surface area contributed by atoms with Crippen LogP contribution in [-0.4, -0.2) is 64.1 Å². The van der Waals surface area contributed by atoms with E-state index in [9.17, 15) is 14.4 Å². The Balaban J connectivity index is 1.45. The highest BCUT2D eigenvalue weighted by atomic mass is 32.1. The van der Waals surface area contributed by atoms with Crippen molar-refractivity contribution in [1.29, 1.82) is 0 Å². The maximum atomic E-state index is 12.4. The number of amides is 2. The molecule has 0 radical (unpaired) electrons. The van der Waals surface area contributed by atoms with Crippen molar-refractivity contribution in [2.24, 2.45) is 0 Å². The number of piperazine rings is 1. The molecule has 3 heterocycles. The summed E-state index contributed by atoms with van der Waals surface area (Å²) in [5.41, 5.74) is 0.798. The number of hydrogen-bond donors (Lipinski definition) is 1. The highest BCUT2D eigenvalue weighted by Gasteiger charge is 2.23. The van der Waals surface area contributed by atoms with E-state index in [0.717, 1.165) is 17.0 Å². The number of thiazole rings is 1. The number of carbonyl (C=O) groups excluding carboxylic acids is 2. The summed E-state index contributed by atoms with van der Waals surface area (Å²) < 4.78 is 6.40. The Kier molecular flexibility index (Phi) is 5.52. The van der Waals surface area contributed by atoms with Crippen molar-refractivity contribution in [1.82, 2.24) is 19.5 Å². The fourth-order valence-corrected chi connectivity index (χ4v) is 3.53. The number of aromatic nitrogens is 2.